The minimum absolute atomic E-state index is 0.274. The zero-order chi connectivity index (χ0) is 32.6. The molecule has 3 fully saturated rings. The first-order valence-electron chi connectivity index (χ1n) is 16.9. The molecule has 47 heavy (non-hydrogen) atoms. The summed E-state index contributed by atoms with van der Waals surface area (Å²) < 4.78 is 10.6. The quantitative estimate of drug-likeness (QED) is 0.236. The van der Waals surface area contributed by atoms with Gasteiger partial charge in [-0.15, -0.1) is 10.2 Å². The summed E-state index contributed by atoms with van der Waals surface area (Å²) in [5.74, 6) is -0.460. The SMILES string of the molecule is Cc1ccccc1-c1cc(N2CC3CCC(C2)N3c2ccnc(CCCN3CCN(CCOCCOCC(=O)O)CC3)c2)c(N)nn1. The van der Waals surface area contributed by atoms with E-state index in [9.17, 15) is 4.79 Å². The number of ether oxygens (including phenoxy) is 2. The molecule has 0 saturated carbocycles. The lowest BCUT2D eigenvalue weighted by molar-refractivity contribution is -0.142. The van der Waals surface area contributed by atoms with Gasteiger partial charge in [0.1, 0.15) is 6.61 Å². The molecule has 6 rings (SSSR count). The third-order valence-electron chi connectivity index (χ3n) is 9.67. The number of aryl methyl sites for hydroxylation is 2. The van der Waals surface area contributed by atoms with Crippen molar-refractivity contribution in [1.29, 1.82) is 0 Å². The van der Waals surface area contributed by atoms with Crippen LogP contribution >= 0.6 is 0 Å². The van der Waals surface area contributed by atoms with Crippen LogP contribution in [-0.4, -0.2) is 127 Å². The second kappa shape index (κ2) is 15.8. The zero-order valence-electron chi connectivity index (χ0n) is 27.5. The molecule has 1 aromatic carbocycles. The maximum Gasteiger partial charge on any atom is 0.329 e. The normalized spacial score (nSPS) is 20.2. The molecule has 2 atom stereocenters. The van der Waals surface area contributed by atoms with Crippen LogP contribution in [-0.2, 0) is 20.7 Å². The summed E-state index contributed by atoms with van der Waals surface area (Å²) >= 11 is 0. The van der Waals surface area contributed by atoms with Gasteiger partial charge < -0.3 is 35.0 Å². The highest BCUT2D eigenvalue weighted by atomic mass is 16.5. The Balaban J connectivity index is 0.955. The number of aliphatic carboxylic acids is 1. The number of hydrogen-bond acceptors (Lipinski definition) is 11. The largest absolute Gasteiger partial charge is 0.480 e. The van der Waals surface area contributed by atoms with E-state index in [0.717, 1.165) is 87.8 Å². The summed E-state index contributed by atoms with van der Waals surface area (Å²) in [6.07, 6.45) is 6.38. The number of nitrogens with zero attached hydrogens (tertiary/aromatic N) is 7. The van der Waals surface area contributed by atoms with Crippen LogP contribution in [0.5, 0.6) is 0 Å². The van der Waals surface area contributed by atoms with Gasteiger partial charge in [-0.05, 0) is 62.9 Å². The molecule has 3 aromatic rings. The van der Waals surface area contributed by atoms with Gasteiger partial charge in [-0.2, -0.15) is 0 Å². The molecule has 252 valence electrons. The molecule has 0 aliphatic carbocycles. The van der Waals surface area contributed by atoms with Gasteiger partial charge in [-0.1, -0.05) is 24.3 Å². The van der Waals surface area contributed by atoms with Crippen molar-refractivity contribution in [2.45, 2.75) is 44.7 Å². The topological polar surface area (TPSA) is 133 Å². The predicted molar refractivity (Wildman–Crippen MR) is 183 cm³/mol. The highest BCUT2D eigenvalue weighted by molar-refractivity contribution is 5.73. The van der Waals surface area contributed by atoms with Crippen LogP contribution in [0.1, 0.15) is 30.5 Å². The molecule has 12 heteroatoms. The van der Waals surface area contributed by atoms with E-state index in [2.05, 4.69) is 67.1 Å². The first-order chi connectivity index (χ1) is 22.9. The van der Waals surface area contributed by atoms with E-state index in [1.54, 1.807) is 0 Å². The smallest absolute Gasteiger partial charge is 0.329 e. The monoisotopic (exact) mass is 644 g/mol. The standard InChI is InChI=1S/C35H48N8O4/c1-26-5-2-3-7-31(26)32-22-33(35(36)39-38-32)42-23-29-8-9-30(24-42)43(29)28-10-11-37-27(21-28)6-4-12-40-13-15-41(16-14-40)17-18-46-19-20-47-25-34(44)45/h2-3,5,7,10-11,21-22,29-30H,4,6,8-9,12-20,23-25H2,1H3,(H2,36,39)(H,44,45). The Labute approximate surface area is 277 Å². The summed E-state index contributed by atoms with van der Waals surface area (Å²) in [5.41, 5.74) is 13.0. The van der Waals surface area contributed by atoms with Crippen LogP contribution in [0.15, 0.2) is 48.7 Å². The van der Waals surface area contributed by atoms with E-state index in [-0.39, 0.29) is 6.61 Å². The van der Waals surface area contributed by atoms with Gasteiger partial charge in [-0.25, -0.2) is 4.79 Å². The molecule has 0 radical (unpaired) electrons. The lowest BCUT2D eigenvalue weighted by Gasteiger charge is -2.43. The average Bonchev–Trinajstić information content (AvgIpc) is 3.34. The predicted octanol–water partition coefficient (Wildman–Crippen LogP) is 2.95. The van der Waals surface area contributed by atoms with Crippen LogP contribution in [0.25, 0.3) is 11.3 Å². The number of pyridine rings is 1. The number of carbonyl (C=O) groups is 1. The first kappa shape index (κ1) is 33.1. The number of anilines is 3. The number of carboxylic acid groups (broad SMARTS) is 1. The average molecular weight is 645 g/mol. The number of nitrogen functional groups attached to an aromatic ring is 1. The highest BCUT2D eigenvalue weighted by Gasteiger charge is 2.40. The van der Waals surface area contributed by atoms with Gasteiger partial charge in [0.2, 0.25) is 0 Å². The van der Waals surface area contributed by atoms with Crippen molar-refractivity contribution in [3.8, 4) is 11.3 Å². The molecule has 2 aromatic heterocycles. The number of hydrogen-bond donors (Lipinski definition) is 2. The Kier molecular flexibility index (Phi) is 11.1. The summed E-state index contributed by atoms with van der Waals surface area (Å²) in [4.78, 5) is 25.2. The number of aromatic nitrogens is 3. The number of fused-ring (bicyclic) bond motifs is 2. The third kappa shape index (κ3) is 8.55. The Morgan fingerprint density at radius 1 is 0.936 bits per heavy atom. The Bertz CT molecular complexity index is 1470. The van der Waals surface area contributed by atoms with Crippen molar-refractivity contribution in [2.75, 3.05) is 94.3 Å². The number of benzene rings is 1. The van der Waals surface area contributed by atoms with Crippen LogP contribution in [0.3, 0.4) is 0 Å². The summed E-state index contributed by atoms with van der Waals surface area (Å²) in [6.45, 7) is 11.2. The number of nitrogens with two attached hydrogens (primary N) is 1. The second-order valence-corrected chi connectivity index (χ2v) is 12.9. The highest BCUT2D eigenvalue weighted by Crippen LogP contribution is 2.38. The van der Waals surface area contributed by atoms with Crippen LogP contribution in [0.4, 0.5) is 17.2 Å². The van der Waals surface area contributed by atoms with E-state index in [1.165, 1.54) is 24.1 Å². The van der Waals surface area contributed by atoms with E-state index in [1.807, 2.05) is 18.3 Å². The van der Waals surface area contributed by atoms with Crippen LogP contribution < -0.4 is 15.5 Å². The van der Waals surface area contributed by atoms with E-state index in [0.29, 0.717) is 37.7 Å². The molecule has 0 amide bonds. The van der Waals surface area contributed by atoms with Crippen LogP contribution in [0.2, 0.25) is 0 Å². The number of rotatable bonds is 15. The van der Waals surface area contributed by atoms with Crippen molar-refractivity contribution in [3.05, 3.63) is 59.9 Å². The molecule has 3 N–H and O–H groups in total. The lowest BCUT2D eigenvalue weighted by atomic mass is 10.0. The van der Waals surface area contributed by atoms with E-state index in [4.69, 9.17) is 25.3 Å². The van der Waals surface area contributed by atoms with Crippen LogP contribution in [0, 0.1) is 6.92 Å². The maximum absolute atomic E-state index is 10.5. The van der Waals surface area contributed by atoms with Gasteiger partial charge in [0.25, 0.3) is 0 Å². The van der Waals surface area contributed by atoms with Gasteiger partial charge >= 0.3 is 5.97 Å². The molecule has 2 unspecified atom stereocenters. The van der Waals surface area contributed by atoms with E-state index < -0.39 is 5.97 Å². The summed E-state index contributed by atoms with van der Waals surface area (Å²) in [6, 6.07) is 15.7. The summed E-state index contributed by atoms with van der Waals surface area (Å²) in [5, 5.41) is 17.4. The number of carboxylic acids is 1. The van der Waals surface area contributed by atoms with Gasteiger partial charge in [0, 0.05) is 81.0 Å². The van der Waals surface area contributed by atoms with Gasteiger partial charge in [0.15, 0.2) is 5.82 Å². The molecular weight excluding hydrogens is 596 g/mol. The molecule has 5 heterocycles. The molecule has 0 spiro atoms. The maximum atomic E-state index is 10.5. The minimum atomic E-state index is -0.954. The summed E-state index contributed by atoms with van der Waals surface area (Å²) in [7, 11) is 0. The molecule has 12 nitrogen and oxygen atoms in total. The van der Waals surface area contributed by atoms with Gasteiger partial charge in [-0.3, -0.25) is 9.88 Å². The molecular formula is C35H48N8O4. The Morgan fingerprint density at radius 2 is 1.66 bits per heavy atom. The van der Waals surface area contributed by atoms with Crippen molar-refractivity contribution < 1.29 is 19.4 Å². The van der Waals surface area contributed by atoms with Crippen molar-refractivity contribution in [1.82, 2.24) is 25.0 Å². The molecule has 2 bridgehead atoms. The van der Waals surface area contributed by atoms with Crippen molar-refractivity contribution in [3.63, 3.8) is 0 Å². The second-order valence-electron chi connectivity index (χ2n) is 12.9. The fourth-order valence-electron chi connectivity index (χ4n) is 7.21. The van der Waals surface area contributed by atoms with E-state index >= 15 is 0 Å². The molecule has 3 aliphatic rings. The van der Waals surface area contributed by atoms with Crippen molar-refractivity contribution >= 4 is 23.2 Å². The number of piperazine rings is 2. The Morgan fingerprint density at radius 3 is 2.40 bits per heavy atom. The zero-order valence-corrected chi connectivity index (χ0v) is 27.5. The minimum Gasteiger partial charge on any atom is -0.480 e. The third-order valence-corrected chi connectivity index (χ3v) is 9.67. The molecule has 3 aliphatic heterocycles. The molecule has 3 saturated heterocycles. The van der Waals surface area contributed by atoms with Crippen molar-refractivity contribution in [2.24, 2.45) is 0 Å². The lowest BCUT2D eigenvalue weighted by Crippen LogP contribution is -2.54. The fraction of sp³-hybridized carbons (Fsp3) is 0.543. The first-order valence-corrected chi connectivity index (χ1v) is 16.9. The fourth-order valence-corrected chi connectivity index (χ4v) is 7.21. The Hall–Kier alpha value is -3.84. The van der Waals surface area contributed by atoms with Gasteiger partial charge in [0.05, 0.1) is 31.2 Å².